The molecule has 8 heteroatoms. The van der Waals surface area contributed by atoms with Gasteiger partial charge in [-0.25, -0.2) is 22.7 Å². The number of halogens is 3. The second kappa shape index (κ2) is 5.48. The number of hydrogen-bond acceptors (Lipinski definition) is 4. The fourth-order valence-corrected chi connectivity index (χ4v) is 3.20. The van der Waals surface area contributed by atoms with Crippen LogP contribution in [0, 0.1) is 17.1 Å². The van der Waals surface area contributed by atoms with Crippen LogP contribution in [0.15, 0.2) is 42.6 Å². The Kier molecular flexibility index (Phi) is 3.39. The molecule has 1 aliphatic rings. The average molecular weight is 343 g/mol. The molecule has 2 aromatic heterocycles. The molecule has 0 spiro atoms. The van der Waals surface area contributed by atoms with Crippen molar-refractivity contribution >= 4 is 11.5 Å². The molecule has 126 valence electrons. The number of fused-ring (bicyclic) bond motifs is 1. The van der Waals surface area contributed by atoms with Gasteiger partial charge in [-0.05, 0) is 29.8 Å². The van der Waals surface area contributed by atoms with Gasteiger partial charge in [-0.1, -0.05) is 12.1 Å². The van der Waals surface area contributed by atoms with Crippen LogP contribution < -0.4 is 4.90 Å². The zero-order valence-corrected chi connectivity index (χ0v) is 12.9. The summed E-state index contributed by atoms with van der Waals surface area (Å²) in [6.07, 6.45) is 1.01. The highest BCUT2D eigenvalue weighted by Crippen LogP contribution is 2.46. The van der Waals surface area contributed by atoms with Crippen LogP contribution in [0.5, 0.6) is 0 Å². The predicted molar refractivity (Wildman–Crippen MR) is 83.8 cm³/mol. The molecule has 0 radical (unpaired) electrons. The molecule has 25 heavy (non-hydrogen) atoms. The van der Waals surface area contributed by atoms with Crippen LogP contribution in [-0.2, 0) is 0 Å². The van der Waals surface area contributed by atoms with Crippen LogP contribution in [-0.4, -0.2) is 27.1 Å². The monoisotopic (exact) mass is 343 g/mol. The van der Waals surface area contributed by atoms with E-state index >= 15 is 0 Å². The molecule has 3 heterocycles. The lowest BCUT2D eigenvalue weighted by atomic mass is 10.0. The van der Waals surface area contributed by atoms with Crippen LogP contribution in [0.1, 0.15) is 23.7 Å². The van der Waals surface area contributed by atoms with Crippen LogP contribution in [0.2, 0.25) is 0 Å². The number of hydrogen-bond donors (Lipinski definition) is 0. The van der Waals surface area contributed by atoms with Gasteiger partial charge in [0.15, 0.2) is 11.3 Å². The summed E-state index contributed by atoms with van der Waals surface area (Å²) in [5.41, 5.74) is 0.856. The molecule has 1 atom stereocenters. The largest absolute Gasteiger partial charge is 0.342 e. The van der Waals surface area contributed by atoms with Crippen LogP contribution in [0.4, 0.5) is 19.0 Å². The molecule has 3 aromatic rings. The smallest absolute Gasteiger partial charge is 0.273 e. The van der Waals surface area contributed by atoms with Crippen molar-refractivity contribution in [3.05, 3.63) is 59.7 Å². The Morgan fingerprint density at radius 1 is 1.24 bits per heavy atom. The first-order valence-corrected chi connectivity index (χ1v) is 7.64. The first kappa shape index (κ1) is 15.4. The fraction of sp³-hybridized carbons (Fsp3) is 0.235. The summed E-state index contributed by atoms with van der Waals surface area (Å²) in [6, 6.07) is 9.07. The van der Waals surface area contributed by atoms with Gasteiger partial charge in [0, 0.05) is 13.0 Å². The van der Waals surface area contributed by atoms with E-state index in [1.54, 1.807) is 12.1 Å². The van der Waals surface area contributed by atoms with Gasteiger partial charge < -0.3 is 4.90 Å². The third kappa shape index (κ3) is 2.48. The van der Waals surface area contributed by atoms with E-state index in [-0.39, 0.29) is 30.0 Å². The molecule has 1 aliphatic heterocycles. The zero-order valence-electron chi connectivity index (χ0n) is 12.9. The van der Waals surface area contributed by atoms with Crippen molar-refractivity contribution in [1.82, 2.24) is 14.6 Å². The van der Waals surface area contributed by atoms with Gasteiger partial charge in [0.2, 0.25) is 0 Å². The van der Waals surface area contributed by atoms with Crippen molar-refractivity contribution in [2.75, 3.05) is 11.4 Å². The van der Waals surface area contributed by atoms with Crippen molar-refractivity contribution < 1.29 is 13.2 Å². The van der Waals surface area contributed by atoms with Gasteiger partial charge in [0.05, 0.1) is 6.20 Å². The Hall–Kier alpha value is -3.08. The molecule has 5 nitrogen and oxygen atoms in total. The summed E-state index contributed by atoms with van der Waals surface area (Å²) >= 11 is 0. The van der Waals surface area contributed by atoms with E-state index in [1.807, 2.05) is 6.07 Å². The van der Waals surface area contributed by atoms with E-state index in [2.05, 4.69) is 10.1 Å². The normalized spacial score (nSPS) is 19.3. The Bertz CT molecular complexity index is 991. The highest BCUT2D eigenvalue weighted by Gasteiger charge is 2.50. The zero-order chi connectivity index (χ0) is 17.6. The van der Waals surface area contributed by atoms with Gasteiger partial charge in [-0.15, -0.1) is 5.10 Å². The number of imidazole rings is 1. The maximum absolute atomic E-state index is 14.5. The van der Waals surface area contributed by atoms with Gasteiger partial charge in [-0.2, -0.15) is 5.26 Å². The van der Waals surface area contributed by atoms with Crippen molar-refractivity contribution in [2.45, 2.75) is 18.4 Å². The summed E-state index contributed by atoms with van der Waals surface area (Å²) in [6.45, 7) is 0.0727. The fourth-order valence-electron chi connectivity index (χ4n) is 3.20. The lowest BCUT2D eigenvalue weighted by Gasteiger charge is -2.28. The lowest BCUT2D eigenvalue weighted by Crippen LogP contribution is -2.31. The Balaban J connectivity index is 1.82. The molecular weight excluding hydrogens is 331 g/mol. The third-order valence-corrected chi connectivity index (χ3v) is 4.32. The molecule has 1 unspecified atom stereocenters. The summed E-state index contributed by atoms with van der Waals surface area (Å²) < 4.78 is 43.8. The molecule has 1 fully saturated rings. The first-order valence-electron chi connectivity index (χ1n) is 7.64. The van der Waals surface area contributed by atoms with E-state index in [0.29, 0.717) is 5.65 Å². The number of nitriles is 1. The minimum Gasteiger partial charge on any atom is -0.342 e. The summed E-state index contributed by atoms with van der Waals surface area (Å²) in [4.78, 5) is 5.48. The number of nitrogens with zero attached hydrogens (tertiary/aromatic N) is 5. The van der Waals surface area contributed by atoms with Crippen LogP contribution >= 0.6 is 0 Å². The molecule has 1 saturated heterocycles. The van der Waals surface area contributed by atoms with Gasteiger partial charge in [0.25, 0.3) is 5.92 Å². The van der Waals surface area contributed by atoms with Gasteiger partial charge in [0.1, 0.15) is 23.7 Å². The minimum absolute atomic E-state index is 0.0727. The average Bonchev–Trinajstić information content (AvgIpc) is 3.14. The quantitative estimate of drug-likeness (QED) is 0.716. The maximum atomic E-state index is 14.5. The molecular formula is C17H12F3N5. The van der Waals surface area contributed by atoms with E-state index in [0.717, 1.165) is 6.07 Å². The lowest BCUT2D eigenvalue weighted by molar-refractivity contribution is -0.00782. The van der Waals surface area contributed by atoms with Crippen molar-refractivity contribution in [3.63, 3.8) is 0 Å². The first-order chi connectivity index (χ1) is 12.0. The topological polar surface area (TPSA) is 57.2 Å². The standard InChI is InChI=1S/C17H12F3N5/c18-12-3-1-2-11(8-12)16-17(19,20)6-7-24(16)15-5-4-14-22-10-13(9-21)25(14)23-15/h1-5,8,10,16H,6-7H2. The number of alkyl halides is 2. The summed E-state index contributed by atoms with van der Waals surface area (Å²) in [5, 5.41) is 13.4. The maximum Gasteiger partial charge on any atom is 0.273 e. The van der Waals surface area contributed by atoms with E-state index in [4.69, 9.17) is 5.26 Å². The summed E-state index contributed by atoms with van der Waals surface area (Å²) in [5.74, 6) is -3.30. The number of anilines is 1. The van der Waals surface area contributed by atoms with Gasteiger partial charge in [-0.3, -0.25) is 0 Å². The molecule has 1 aromatic carbocycles. The number of aromatic nitrogens is 3. The Morgan fingerprint density at radius 3 is 2.84 bits per heavy atom. The third-order valence-electron chi connectivity index (χ3n) is 4.32. The highest BCUT2D eigenvalue weighted by molar-refractivity contribution is 5.51. The second-order valence-corrected chi connectivity index (χ2v) is 5.88. The number of benzene rings is 1. The number of rotatable bonds is 2. The van der Waals surface area contributed by atoms with E-state index in [9.17, 15) is 13.2 Å². The summed E-state index contributed by atoms with van der Waals surface area (Å²) in [7, 11) is 0. The second-order valence-electron chi connectivity index (χ2n) is 5.88. The molecule has 0 amide bonds. The molecule has 4 rings (SSSR count). The minimum atomic E-state index is -3.02. The Morgan fingerprint density at radius 2 is 2.08 bits per heavy atom. The van der Waals surface area contributed by atoms with E-state index < -0.39 is 17.8 Å². The van der Waals surface area contributed by atoms with Crippen LogP contribution in [0.25, 0.3) is 5.65 Å². The van der Waals surface area contributed by atoms with Gasteiger partial charge >= 0.3 is 0 Å². The van der Waals surface area contributed by atoms with E-state index in [1.165, 1.54) is 33.8 Å². The highest BCUT2D eigenvalue weighted by atomic mass is 19.3. The predicted octanol–water partition coefficient (Wildman–Crippen LogP) is 3.33. The SMILES string of the molecule is N#Cc1cnc2ccc(N3CCC(F)(F)C3c3cccc(F)c3)nn12. The van der Waals surface area contributed by atoms with Crippen molar-refractivity contribution in [2.24, 2.45) is 0 Å². The molecule has 0 bridgehead atoms. The molecule has 0 aliphatic carbocycles. The van der Waals surface area contributed by atoms with Crippen molar-refractivity contribution in [1.29, 1.82) is 5.26 Å². The molecule has 0 saturated carbocycles. The Labute approximate surface area is 140 Å². The van der Waals surface area contributed by atoms with Crippen LogP contribution in [0.3, 0.4) is 0 Å². The molecule has 0 N–H and O–H groups in total. The van der Waals surface area contributed by atoms with Crippen molar-refractivity contribution in [3.8, 4) is 6.07 Å².